The first-order chi connectivity index (χ1) is 20.4. The van der Waals surface area contributed by atoms with Crippen molar-refractivity contribution in [2.45, 2.75) is 65.5 Å². The van der Waals surface area contributed by atoms with Crippen molar-refractivity contribution >= 4 is 23.0 Å². The highest BCUT2D eigenvalue weighted by molar-refractivity contribution is 5.95. The highest BCUT2D eigenvalue weighted by atomic mass is 16.5. The zero-order valence-corrected chi connectivity index (χ0v) is 24.9. The number of aryl methyl sites for hydroxylation is 1. The highest BCUT2D eigenvalue weighted by Gasteiger charge is 2.38. The van der Waals surface area contributed by atoms with Crippen molar-refractivity contribution in [2.75, 3.05) is 26.2 Å². The highest BCUT2D eigenvalue weighted by Crippen LogP contribution is 2.32. The molecular formula is C34H41N3O5. The summed E-state index contributed by atoms with van der Waals surface area (Å²) in [6.45, 7) is 9.34. The number of amides is 2. The van der Waals surface area contributed by atoms with E-state index in [2.05, 4.69) is 34.5 Å². The van der Waals surface area contributed by atoms with Crippen LogP contribution in [0, 0.1) is 5.92 Å². The number of urea groups is 1. The Morgan fingerprint density at radius 3 is 2.52 bits per heavy atom. The topological polar surface area (TPSA) is 92.1 Å². The van der Waals surface area contributed by atoms with Gasteiger partial charge in [0.25, 0.3) is 0 Å². The van der Waals surface area contributed by atoms with Crippen LogP contribution in [0.4, 0.5) is 4.79 Å². The molecule has 8 heteroatoms. The smallest absolute Gasteiger partial charge is 0.338 e. The molecular weight excluding hydrogens is 530 g/mol. The van der Waals surface area contributed by atoms with E-state index in [9.17, 15) is 14.4 Å². The average Bonchev–Trinajstić information content (AvgIpc) is 3.00. The van der Waals surface area contributed by atoms with Crippen molar-refractivity contribution in [1.29, 1.82) is 0 Å². The third kappa shape index (κ3) is 6.44. The Labute approximate surface area is 247 Å². The number of hydrogen-bond donors (Lipinski definition) is 1. The van der Waals surface area contributed by atoms with Gasteiger partial charge in [-0.25, -0.2) is 9.59 Å². The molecule has 1 atom stereocenters. The Hall–Kier alpha value is -3.91. The van der Waals surface area contributed by atoms with E-state index < -0.39 is 12.0 Å². The Balaban J connectivity index is 1.28. The van der Waals surface area contributed by atoms with E-state index in [1.807, 2.05) is 25.1 Å². The van der Waals surface area contributed by atoms with Crippen molar-refractivity contribution in [1.82, 2.24) is 15.1 Å². The maximum absolute atomic E-state index is 13.5. The van der Waals surface area contributed by atoms with E-state index in [1.165, 1.54) is 11.8 Å². The second-order valence-electron chi connectivity index (χ2n) is 11.3. The fourth-order valence-corrected chi connectivity index (χ4v) is 6.18. The van der Waals surface area contributed by atoms with E-state index in [0.717, 1.165) is 57.3 Å². The summed E-state index contributed by atoms with van der Waals surface area (Å²) in [5.74, 6) is 0.0681. The summed E-state index contributed by atoms with van der Waals surface area (Å²) in [6, 6.07) is 14.8. The lowest BCUT2D eigenvalue weighted by Gasteiger charge is -2.36. The van der Waals surface area contributed by atoms with Gasteiger partial charge in [0.2, 0.25) is 0 Å². The molecule has 1 saturated heterocycles. The maximum atomic E-state index is 13.5. The predicted molar refractivity (Wildman–Crippen MR) is 163 cm³/mol. The molecule has 0 spiro atoms. The molecule has 1 aromatic heterocycles. The minimum Gasteiger partial charge on any atom is -0.464 e. The molecule has 0 radical (unpaired) electrons. The molecule has 42 heavy (non-hydrogen) atoms. The lowest BCUT2D eigenvalue weighted by atomic mass is 9.91. The van der Waals surface area contributed by atoms with Crippen LogP contribution < -0.4 is 10.7 Å². The lowest BCUT2D eigenvalue weighted by molar-refractivity contribution is -0.139. The summed E-state index contributed by atoms with van der Waals surface area (Å²) in [5, 5.41) is 3.32. The molecule has 222 valence electrons. The third-order valence-electron chi connectivity index (χ3n) is 8.63. The number of nitrogens with zero attached hydrogens (tertiary/aromatic N) is 2. The Kier molecular flexibility index (Phi) is 9.42. The summed E-state index contributed by atoms with van der Waals surface area (Å²) in [6.07, 6.45) is 6.30. The monoisotopic (exact) mass is 571 g/mol. The zero-order chi connectivity index (χ0) is 29.6. The molecule has 3 aromatic rings. The van der Waals surface area contributed by atoms with Crippen molar-refractivity contribution in [2.24, 2.45) is 5.92 Å². The quantitative estimate of drug-likeness (QED) is 0.302. The summed E-state index contributed by atoms with van der Waals surface area (Å²) in [7, 11) is 0. The largest absolute Gasteiger partial charge is 0.464 e. The van der Waals surface area contributed by atoms with Gasteiger partial charge in [0.15, 0.2) is 5.43 Å². The molecule has 0 aliphatic carbocycles. The van der Waals surface area contributed by atoms with Gasteiger partial charge in [0.1, 0.15) is 11.8 Å². The second kappa shape index (κ2) is 13.4. The molecule has 8 nitrogen and oxygen atoms in total. The normalized spacial score (nSPS) is 18.4. The van der Waals surface area contributed by atoms with Gasteiger partial charge in [-0.3, -0.25) is 14.6 Å². The van der Waals surface area contributed by atoms with Crippen LogP contribution >= 0.6 is 0 Å². The van der Waals surface area contributed by atoms with Gasteiger partial charge in [0, 0.05) is 18.8 Å². The number of likely N-dealkylation sites (tertiary alicyclic amines) is 1. The molecule has 1 unspecified atom stereocenters. The number of esters is 1. The summed E-state index contributed by atoms with van der Waals surface area (Å²) < 4.78 is 11.2. The Morgan fingerprint density at radius 2 is 1.81 bits per heavy atom. The van der Waals surface area contributed by atoms with Crippen LogP contribution in [-0.4, -0.2) is 48.0 Å². The number of benzene rings is 2. The number of piperidine rings is 1. The molecule has 0 bridgehead atoms. The van der Waals surface area contributed by atoms with Gasteiger partial charge in [-0.2, -0.15) is 0 Å². The molecule has 2 amide bonds. The lowest BCUT2D eigenvalue weighted by Crippen LogP contribution is -2.49. The van der Waals surface area contributed by atoms with Gasteiger partial charge in [-0.15, -0.1) is 0 Å². The van der Waals surface area contributed by atoms with Gasteiger partial charge in [-0.05, 0) is 88.2 Å². The minimum atomic E-state index is -0.951. The number of nitrogens with one attached hydrogen (secondary N) is 1. The molecule has 1 N–H and O–H groups in total. The standard InChI is InChI=1S/C34H41N3O5/c1-4-24-13-14-27-29(20-24)42-22-28(32(27)38)31-30(33(39)41-5-2)23(3)37(34(40)35-31)17-9-12-25-15-18-36(19-16-25)21-26-10-7-6-8-11-26/h6-8,10-11,13-14,20,22,25,31H,4-5,9,12,15-19,21H2,1-3H3,(H,35,40). The summed E-state index contributed by atoms with van der Waals surface area (Å²) in [4.78, 5) is 44.2. The van der Waals surface area contributed by atoms with Gasteiger partial charge < -0.3 is 14.5 Å². The van der Waals surface area contributed by atoms with E-state index in [1.54, 1.807) is 24.8 Å². The van der Waals surface area contributed by atoms with E-state index in [4.69, 9.17) is 9.15 Å². The van der Waals surface area contributed by atoms with Crippen LogP contribution in [0.15, 0.2) is 75.3 Å². The summed E-state index contributed by atoms with van der Waals surface area (Å²) >= 11 is 0. The second-order valence-corrected chi connectivity index (χ2v) is 11.3. The number of allylic oxidation sites excluding steroid dienone is 1. The molecule has 1 fully saturated rings. The molecule has 3 heterocycles. The molecule has 2 aliphatic heterocycles. The van der Waals surface area contributed by atoms with E-state index in [0.29, 0.717) is 29.1 Å². The molecule has 2 aliphatic rings. The molecule has 5 rings (SSSR count). The third-order valence-corrected chi connectivity index (χ3v) is 8.63. The van der Waals surface area contributed by atoms with Gasteiger partial charge in [0.05, 0.1) is 29.2 Å². The van der Waals surface area contributed by atoms with Crippen LogP contribution in [0.3, 0.4) is 0 Å². The van der Waals surface area contributed by atoms with Crippen molar-refractivity contribution in [3.05, 3.63) is 93.0 Å². The van der Waals surface area contributed by atoms with Crippen LogP contribution in [-0.2, 0) is 22.5 Å². The van der Waals surface area contributed by atoms with E-state index in [-0.39, 0.29) is 29.2 Å². The SMILES string of the molecule is CCOC(=O)C1=C(C)N(CCCC2CCN(Cc3ccccc3)CC2)C(=O)NC1c1coc2cc(CC)ccc2c1=O. The molecule has 2 aromatic carbocycles. The number of ether oxygens (including phenoxy) is 1. The predicted octanol–water partition coefficient (Wildman–Crippen LogP) is 5.95. The van der Waals surface area contributed by atoms with Gasteiger partial charge >= 0.3 is 12.0 Å². The zero-order valence-electron chi connectivity index (χ0n) is 24.9. The first kappa shape index (κ1) is 29.6. The van der Waals surface area contributed by atoms with Crippen molar-refractivity contribution in [3.63, 3.8) is 0 Å². The van der Waals surface area contributed by atoms with E-state index >= 15 is 0 Å². The first-order valence-electron chi connectivity index (χ1n) is 15.2. The Morgan fingerprint density at radius 1 is 1.05 bits per heavy atom. The first-order valence-corrected chi connectivity index (χ1v) is 15.2. The van der Waals surface area contributed by atoms with Crippen molar-refractivity contribution in [3.8, 4) is 0 Å². The number of carbonyl (C=O) groups is 2. The van der Waals surface area contributed by atoms with Crippen LogP contribution in [0.1, 0.15) is 69.2 Å². The minimum absolute atomic E-state index is 0.186. The Bertz CT molecular complexity index is 1500. The van der Waals surface area contributed by atoms with Gasteiger partial charge in [-0.1, -0.05) is 43.3 Å². The number of carbonyl (C=O) groups excluding carboxylic acids is 2. The number of hydrogen-bond acceptors (Lipinski definition) is 6. The fraction of sp³-hybridized carbons (Fsp3) is 0.441. The van der Waals surface area contributed by atoms with Crippen molar-refractivity contribution < 1.29 is 18.7 Å². The van der Waals surface area contributed by atoms with Crippen LogP contribution in [0.2, 0.25) is 0 Å². The summed E-state index contributed by atoms with van der Waals surface area (Å²) in [5.41, 5.74) is 3.60. The maximum Gasteiger partial charge on any atom is 0.338 e. The number of rotatable bonds is 10. The average molecular weight is 572 g/mol. The fourth-order valence-electron chi connectivity index (χ4n) is 6.18. The number of fused-ring (bicyclic) bond motifs is 1. The van der Waals surface area contributed by atoms with Crippen LogP contribution in [0.25, 0.3) is 11.0 Å². The molecule has 0 saturated carbocycles. The van der Waals surface area contributed by atoms with Crippen LogP contribution in [0.5, 0.6) is 0 Å².